The van der Waals surface area contributed by atoms with E-state index in [-0.39, 0.29) is 6.10 Å². The van der Waals surface area contributed by atoms with Gasteiger partial charge >= 0.3 is 0 Å². The Kier molecular flexibility index (Phi) is 6.63. The van der Waals surface area contributed by atoms with Gasteiger partial charge in [0.1, 0.15) is 0 Å². The largest absolute Gasteiger partial charge is 0.474 e. The van der Waals surface area contributed by atoms with Crippen LogP contribution in [0.25, 0.3) is 0 Å². The standard InChI is InChI=1S/C14H24N2O/c1-4-7-12(3)17-14-13(8-6-10-16-14)11-15-9-5-2/h6,8,10,12,15H,4-5,7,9,11H2,1-3H3. The van der Waals surface area contributed by atoms with E-state index in [1.54, 1.807) is 6.20 Å². The Bertz CT molecular complexity index is 315. The van der Waals surface area contributed by atoms with E-state index in [0.29, 0.717) is 0 Å². The van der Waals surface area contributed by atoms with Crippen molar-refractivity contribution in [2.75, 3.05) is 6.54 Å². The molecule has 0 aliphatic carbocycles. The summed E-state index contributed by atoms with van der Waals surface area (Å²) in [6, 6.07) is 4.03. The Morgan fingerprint density at radius 2 is 2.18 bits per heavy atom. The lowest BCUT2D eigenvalue weighted by Gasteiger charge is -2.15. The maximum atomic E-state index is 5.87. The highest BCUT2D eigenvalue weighted by molar-refractivity contribution is 5.25. The molecule has 0 saturated carbocycles. The number of nitrogens with one attached hydrogen (secondary N) is 1. The molecule has 0 aliphatic heterocycles. The Morgan fingerprint density at radius 3 is 2.88 bits per heavy atom. The molecule has 1 aromatic heterocycles. The summed E-state index contributed by atoms with van der Waals surface area (Å²) in [7, 11) is 0. The molecule has 0 fully saturated rings. The van der Waals surface area contributed by atoms with Gasteiger partial charge in [-0.05, 0) is 32.4 Å². The van der Waals surface area contributed by atoms with Crippen LogP contribution < -0.4 is 10.1 Å². The van der Waals surface area contributed by atoms with Gasteiger partial charge in [0.05, 0.1) is 6.10 Å². The van der Waals surface area contributed by atoms with E-state index in [0.717, 1.165) is 43.8 Å². The molecule has 1 unspecified atom stereocenters. The van der Waals surface area contributed by atoms with Crippen LogP contribution in [-0.4, -0.2) is 17.6 Å². The Morgan fingerprint density at radius 1 is 1.35 bits per heavy atom. The average Bonchev–Trinajstić information content (AvgIpc) is 2.32. The van der Waals surface area contributed by atoms with Crippen molar-refractivity contribution in [2.45, 2.75) is 52.7 Å². The van der Waals surface area contributed by atoms with Crippen molar-refractivity contribution < 1.29 is 4.74 Å². The van der Waals surface area contributed by atoms with Crippen LogP contribution >= 0.6 is 0 Å². The minimum atomic E-state index is 0.236. The second-order valence-electron chi connectivity index (χ2n) is 4.36. The fourth-order valence-corrected chi connectivity index (χ4v) is 1.72. The first-order valence-corrected chi connectivity index (χ1v) is 6.59. The van der Waals surface area contributed by atoms with E-state index < -0.39 is 0 Å². The molecule has 1 N–H and O–H groups in total. The molecular weight excluding hydrogens is 212 g/mol. The van der Waals surface area contributed by atoms with Crippen molar-refractivity contribution in [1.29, 1.82) is 0 Å². The van der Waals surface area contributed by atoms with Crippen LogP contribution in [0.3, 0.4) is 0 Å². The summed E-state index contributed by atoms with van der Waals surface area (Å²) in [5.74, 6) is 0.775. The third-order valence-electron chi connectivity index (χ3n) is 2.60. The topological polar surface area (TPSA) is 34.2 Å². The van der Waals surface area contributed by atoms with Crippen molar-refractivity contribution in [3.63, 3.8) is 0 Å². The van der Waals surface area contributed by atoms with Gasteiger partial charge in [0, 0.05) is 18.3 Å². The maximum Gasteiger partial charge on any atom is 0.218 e. The lowest BCUT2D eigenvalue weighted by Crippen LogP contribution is -2.17. The van der Waals surface area contributed by atoms with Crippen LogP contribution in [-0.2, 0) is 6.54 Å². The van der Waals surface area contributed by atoms with Gasteiger partial charge in [-0.2, -0.15) is 0 Å². The highest BCUT2D eigenvalue weighted by Crippen LogP contribution is 2.17. The van der Waals surface area contributed by atoms with Crippen molar-refractivity contribution in [2.24, 2.45) is 0 Å². The fourth-order valence-electron chi connectivity index (χ4n) is 1.72. The normalized spacial score (nSPS) is 12.4. The molecular formula is C14H24N2O. The summed E-state index contributed by atoms with van der Waals surface area (Å²) in [5, 5.41) is 3.38. The lowest BCUT2D eigenvalue weighted by atomic mass is 10.2. The zero-order chi connectivity index (χ0) is 12.5. The molecule has 1 atom stereocenters. The van der Waals surface area contributed by atoms with Crippen molar-refractivity contribution in [3.8, 4) is 5.88 Å². The molecule has 3 nitrogen and oxygen atoms in total. The number of hydrogen-bond acceptors (Lipinski definition) is 3. The van der Waals surface area contributed by atoms with Gasteiger partial charge in [-0.1, -0.05) is 26.3 Å². The number of pyridine rings is 1. The molecule has 3 heteroatoms. The maximum absolute atomic E-state index is 5.87. The minimum Gasteiger partial charge on any atom is -0.474 e. The average molecular weight is 236 g/mol. The van der Waals surface area contributed by atoms with Crippen molar-refractivity contribution in [1.82, 2.24) is 10.3 Å². The summed E-state index contributed by atoms with van der Waals surface area (Å²) in [5.41, 5.74) is 1.14. The van der Waals surface area contributed by atoms with E-state index >= 15 is 0 Å². The van der Waals surface area contributed by atoms with Gasteiger partial charge in [-0.25, -0.2) is 4.98 Å². The highest BCUT2D eigenvalue weighted by Gasteiger charge is 2.08. The molecule has 1 heterocycles. The smallest absolute Gasteiger partial charge is 0.218 e. The van der Waals surface area contributed by atoms with Crippen molar-refractivity contribution >= 4 is 0 Å². The summed E-state index contributed by atoms with van der Waals surface area (Å²) < 4.78 is 5.87. The lowest BCUT2D eigenvalue weighted by molar-refractivity contribution is 0.199. The number of nitrogens with zero attached hydrogens (tertiary/aromatic N) is 1. The highest BCUT2D eigenvalue weighted by atomic mass is 16.5. The molecule has 0 radical (unpaired) electrons. The minimum absolute atomic E-state index is 0.236. The van der Waals surface area contributed by atoms with Gasteiger partial charge in [-0.15, -0.1) is 0 Å². The predicted molar refractivity (Wildman–Crippen MR) is 71.2 cm³/mol. The van der Waals surface area contributed by atoms with Crippen LogP contribution in [0.5, 0.6) is 5.88 Å². The van der Waals surface area contributed by atoms with Crippen LogP contribution in [0.2, 0.25) is 0 Å². The molecule has 0 amide bonds. The van der Waals surface area contributed by atoms with Crippen LogP contribution in [0.1, 0.15) is 45.6 Å². The summed E-state index contributed by atoms with van der Waals surface area (Å²) in [4.78, 5) is 4.32. The van der Waals surface area contributed by atoms with E-state index in [9.17, 15) is 0 Å². The number of ether oxygens (including phenoxy) is 1. The third kappa shape index (κ3) is 5.18. The van der Waals surface area contributed by atoms with Gasteiger partial charge < -0.3 is 10.1 Å². The van der Waals surface area contributed by atoms with Gasteiger partial charge in [0.15, 0.2) is 0 Å². The number of hydrogen-bond donors (Lipinski definition) is 1. The number of rotatable bonds is 8. The van der Waals surface area contributed by atoms with Gasteiger partial charge in [-0.3, -0.25) is 0 Å². The van der Waals surface area contributed by atoms with E-state index in [1.165, 1.54) is 0 Å². The molecule has 0 aliphatic rings. The molecule has 0 spiro atoms. The SMILES string of the molecule is CCCNCc1cccnc1OC(C)CCC. The predicted octanol–water partition coefficient (Wildman–Crippen LogP) is 3.15. The van der Waals surface area contributed by atoms with Crippen LogP contribution in [0, 0.1) is 0 Å². The molecule has 96 valence electrons. The monoisotopic (exact) mass is 236 g/mol. The van der Waals surface area contributed by atoms with Gasteiger partial charge in [0.2, 0.25) is 5.88 Å². The summed E-state index contributed by atoms with van der Waals surface area (Å²) >= 11 is 0. The van der Waals surface area contributed by atoms with E-state index in [2.05, 4.69) is 37.1 Å². The van der Waals surface area contributed by atoms with Crippen LogP contribution in [0.15, 0.2) is 18.3 Å². The Hall–Kier alpha value is -1.09. The van der Waals surface area contributed by atoms with Crippen LogP contribution in [0.4, 0.5) is 0 Å². The first-order chi connectivity index (χ1) is 8.27. The molecule has 0 bridgehead atoms. The fraction of sp³-hybridized carbons (Fsp3) is 0.643. The Labute approximate surface area is 105 Å². The van der Waals surface area contributed by atoms with E-state index in [1.807, 2.05) is 6.07 Å². The Balaban J connectivity index is 2.57. The summed E-state index contributed by atoms with van der Waals surface area (Å²) in [6.45, 7) is 8.29. The summed E-state index contributed by atoms with van der Waals surface area (Å²) in [6.07, 6.45) is 5.37. The first-order valence-electron chi connectivity index (χ1n) is 6.59. The second kappa shape index (κ2) is 8.07. The van der Waals surface area contributed by atoms with Crippen molar-refractivity contribution in [3.05, 3.63) is 23.9 Å². The number of aromatic nitrogens is 1. The zero-order valence-corrected chi connectivity index (χ0v) is 11.2. The first kappa shape index (κ1) is 14.0. The molecule has 17 heavy (non-hydrogen) atoms. The molecule has 0 aromatic carbocycles. The zero-order valence-electron chi connectivity index (χ0n) is 11.2. The third-order valence-corrected chi connectivity index (χ3v) is 2.60. The molecule has 1 aromatic rings. The molecule has 1 rings (SSSR count). The second-order valence-corrected chi connectivity index (χ2v) is 4.36. The quantitative estimate of drug-likeness (QED) is 0.704. The van der Waals surface area contributed by atoms with Gasteiger partial charge in [0.25, 0.3) is 0 Å². The molecule has 0 saturated heterocycles. The van der Waals surface area contributed by atoms with E-state index in [4.69, 9.17) is 4.74 Å².